The van der Waals surface area contributed by atoms with Crippen LogP contribution in [-0.4, -0.2) is 16.5 Å². The molecule has 1 aliphatic rings. The standard InChI is InChI=1S/C17H22N4O/c1-2-5-14(6-3-1)8-10-18-17-19-11-9-16(21-17)20-13-15-7-4-12-22-15/h4-5,7,9,11-12H,1-3,6,8,10,13H2,(H2,18,19,20,21). The van der Waals surface area contributed by atoms with Gasteiger partial charge in [-0.05, 0) is 50.3 Å². The minimum Gasteiger partial charge on any atom is -0.467 e. The smallest absolute Gasteiger partial charge is 0.224 e. The van der Waals surface area contributed by atoms with Crippen molar-refractivity contribution in [2.45, 2.75) is 38.6 Å². The minimum absolute atomic E-state index is 0.621. The first-order valence-corrected chi connectivity index (χ1v) is 7.91. The maximum Gasteiger partial charge on any atom is 0.224 e. The van der Waals surface area contributed by atoms with E-state index in [1.54, 1.807) is 18.0 Å². The number of rotatable bonds is 7. The van der Waals surface area contributed by atoms with E-state index in [4.69, 9.17) is 4.42 Å². The minimum atomic E-state index is 0.621. The molecule has 2 N–H and O–H groups in total. The molecule has 22 heavy (non-hydrogen) atoms. The highest BCUT2D eigenvalue weighted by molar-refractivity contribution is 5.39. The number of nitrogens with zero attached hydrogens (tertiary/aromatic N) is 2. The fourth-order valence-corrected chi connectivity index (χ4v) is 2.60. The Morgan fingerprint density at radius 1 is 1.18 bits per heavy atom. The fourth-order valence-electron chi connectivity index (χ4n) is 2.60. The lowest BCUT2D eigenvalue weighted by Crippen LogP contribution is -2.09. The third-order valence-electron chi connectivity index (χ3n) is 3.79. The molecule has 1 aliphatic carbocycles. The number of nitrogens with one attached hydrogen (secondary N) is 2. The lowest BCUT2D eigenvalue weighted by Gasteiger charge is -2.13. The first-order chi connectivity index (χ1) is 10.9. The number of hydrogen-bond acceptors (Lipinski definition) is 5. The van der Waals surface area contributed by atoms with Crippen molar-refractivity contribution in [2.75, 3.05) is 17.2 Å². The molecule has 2 aromatic rings. The Morgan fingerprint density at radius 2 is 2.18 bits per heavy atom. The average molecular weight is 298 g/mol. The van der Waals surface area contributed by atoms with E-state index >= 15 is 0 Å². The summed E-state index contributed by atoms with van der Waals surface area (Å²) in [6, 6.07) is 5.67. The van der Waals surface area contributed by atoms with Crippen molar-refractivity contribution >= 4 is 11.8 Å². The van der Waals surface area contributed by atoms with Crippen molar-refractivity contribution in [1.29, 1.82) is 0 Å². The van der Waals surface area contributed by atoms with E-state index in [9.17, 15) is 0 Å². The van der Waals surface area contributed by atoms with Crippen LogP contribution in [0.1, 0.15) is 37.9 Å². The van der Waals surface area contributed by atoms with Crippen LogP contribution in [0.5, 0.6) is 0 Å². The van der Waals surface area contributed by atoms with Crippen LogP contribution in [0, 0.1) is 0 Å². The van der Waals surface area contributed by atoms with Crippen LogP contribution < -0.4 is 10.6 Å². The highest BCUT2D eigenvalue weighted by Gasteiger charge is 2.04. The molecule has 5 nitrogen and oxygen atoms in total. The summed E-state index contributed by atoms with van der Waals surface area (Å²) >= 11 is 0. The zero-order valence-electron chi connectivity index (χ0n) is 12.7. The number of hydrogen-bond donors (Lipinski definition) is 2. The fraction of sp³-hybridized carbons (Fsp3) is 0.412. The summed E-state index contributed by atoms with van der Waals surface area (Å²) < 4.78 is 5.29. The third kappa shape index (κ3) is 4.35. The van der Waals surface area contributed by atoms with Crippen LogP contribution in [0.2, 0.25) is 0 Å². The molecule has 2 heterocycles. The van der Waals surface area contributed by atoms with Crippen LogP contribution in [0.4, 0.5) is 11.8 Å². The molecule has 3 rings (SSSR count). The van der Waals surface area contributed by atoms with Crippen LogP contribution in [0.3, 0.4) is 0 Å². The Labute approximate surface area is 130 Å². The maximum atomic E-state index is 5.29. The molecule has 0 saturated carbocycles. The van der Waals surface area contributed by atoms with Gasteiger partial charge in [-0.3, -0.25) is 0 Å². The number of aromatic nitrogens is 2. The van der Waals surface area contributed by atoms with Crippen molar-refractivity contribution in [3.63, 3.8) is 0 Å². The number of allylic oxidation sites excluding steroid dienone is 1. The van der Waals surface area contributed by atoms with Crippen LogP contribution in [0.25, 0.3) is 0 Å². The summed E-state index contributed by atoms with van der Waals surface area (Å²) in [5, 5.41) is 6.53. The predicted molar refractivity (Wildman–Crippen MR) is 87.7 cm³/mol. The first-order valence-electron chi connectivity index (χ1n) is 7.91. The predicted octanol–water partition coefficient (Wildman–Crippen LogP) is 3.98. The van der Waals surface area contributed by atoms with Gasteiger partial charge in [-0.25, -0.2) is 4.98 Å². The number of furan rings is 1. The summed E-state index contributed by atoms with van der Waals surface area (Å²) in [5.41, 5.74) is 1.56. The lowest BCUT2D eigenvalue weighted by molar-refractivity contribution is 0.518. The summed E-state index contributed by atoms with van der Waals surface area (Å²) in [6.45, 7) is 1.50. The van der Waals surface area contributed by atoms with E-state index in [0.29, 0.717) is 12.5 Å². The van der Waals surface area contributed by atoms with Gasteiger partial charge in [-0.2, -0.15) is 4.98 Å². The van der Waals surface area contributed by atoms with Crippen LogP contribution in [0.15, 0.2) is 46.7 Å². The first kappa shape index (κ1) is 14.6. The molecule has 0 atom stereocenters. The zero-order chi connectivity index (χ0) is 15.0. The van der Waals surface area contributed by atoms with Gasteiger partial charge in [-0.15, -0.1) is 0 Å². The van der Waals surface area contributed by atoms with Gasteiger partial charge in [0, 0.05) is 12.7 Å². The van der Waals surface area contributed by atoms with Gasteiger partial charge in [-0.1, -0.05) is 11.6 Å². The monoisotopic (exact) mass is 298 g/mol. The second-order valence-corrected chi connectivity index (χ2v) is 5.48. The molecule has 0 aromatic carbocycles. The van der Waals surface area contributed by atoms with E-state index < -0.39 is 0 Å². The van der Waals surface area contributed by atoms with Gasteiger partial charge < -0.3 is 15.1 Å². The van der Waals surface area contributed by atoms with Gasteiger partial charge >= 0.3 is 0 Å². The Balaban J connectivity index is 1.47. The highest BCUT2D eigenvalue weighted by atomic mass is 16.3. The Hall–Kier alpha value is -2.30. The number of anilines is 2. The summed E-state index contributed by atoms with van der Waals surface area (Å²) in [5.74, 6) is 2.35. The van der Waals surface area contributed by atoms with E-state index in [1.165, 1.54) is 25.7 Å². The van der Waals surface area contributed by atoms with E-state index in [1.807, 2.05) is 18.2 Å². The normalized spacial score (nSPS) is 14.5. The van der Waals surface area contributed by atoms with E-state index in [0.717, 1.165) is 24.5 Å². The summed E-state index contributed by atoms with van der Waals surface area (Å²) in [4.78, 5) is 8.72. The van der Waals surface area contributed by atoms with Crippen LogP contribution in [-0.2, 0) is 6.54 Å². The summed E-state index contributed by atoms with van der Waals surface area (Å²) in [7, 11) is 0. The van der Waals surface area contributed by atoms with E-state index in [2.05, 4.69) is 26.7 Å². The Morgan fingerprint density at radius 3 is 3.00 bits per heavy atom. The summed E-state index contributed by atoms with van der Waals surface area (Å²) in [6.07, 6.45) is 12.0. The second-order valence-electron chi connectivity index (χ2n) is 5.48. The average Bonchev–Trinajstić information content (AvgIpc) is 3.08. The molecule has 116 valence electrons. The van der Waals surface area contributed by atoms with Crippen molar-refractivity contribution in [3.8, 4) is 0 Å². The molecule has 0 spiro atoms. The van der Waals surface area contributed by atoms with Gasteiger partial charge in [0.25, 0.3) is 0 Å². The van der Waals surface area contributed by atoms with Crippen molar-refractivity contribution in [1.82, 2.24) is 9.97 Å². The van der Waals surface area contributed by atoms with E-state index in [-0.39, 0.29) is 0 Å². The highest BCUT2D eigenvalue weighted by Crippen LogP contribution is 2.19. The Bertz CT molecular complexity index is 607. The van der Waals surface area contributed by atoms with Gasteiger partial charge in [0.15, 0.2) is 0 Å². The molecule has 0 unspecified atom stereocenters. The molecule has 2 aromatic heterocycles. The molecule has 0 saturated heterocycles. The molecule has 0 bridgehead atoms. The molecule has 0 aliphatic heterocycles. The maximum absolute atomic E-state index is 5.29. The molecular formula is C17H22N4O. The second kappa shape index (κ2) is 7.64. The third-order valence-corrected chi connectivity index (χ3v) is 3.79. The largest absolute Gasteiger partial charge is 0.467 e. The molecule has 0 radical (unpaired) electrons. The van der Waals surface area contributed by atoms with Gasteiger partial charge in [0.1, 0.15) is 11.6 Å². The topological polar surface area (TPSA) is 63.0 Å². The molecule has 0 fully saturated rings. The molecule has 0 amide bonds. The molecular weight excluding hydrogens is 276 g/mol. The molecule has 5 heteroatoms. The Kier molecular flexibility index (Phi) is 5.08. The lowest BCUT2D eigenvalue weighted by atomic mass is 9.97. The van der Waals surface area contributed by atoms with Crippen molar-refractivity contribution in [3.05, 3.63) is 48.1 Å². The van der Waals surface area contributed by atoms with Gasteiger partial charge in [0.05, 0.1) is 12.8 Å². The van der Waals surface area contributed by atoms with Crippen LogP contribution >= 0.6 is 0 Å². The van der Waals surface area contributed by atoms with Crippen molar-refractivity contribution in [2.24, 2.45) is 0 Å². The zero-order valence-corrected chi connectivity index (χ0v) is 12.7. The quantitative estimate of drug-likeness (QED) is 0.757. The van der Waals surface area contributed by atoms with Gasteiger partial charge in [0.2, 0.25) is 5.95 Å². The SMILES string of the molecule is C1=C(CCNc2nccc(NCc3ccco3)n2)CCCC1. The van der Waals surface area contributed by atoms with Crippen molar-refractivity contribution < 1.29 is 4.42 Å².